The second kappa shape index (κ2) is 13.1. The molecule has 2 aromatic carbocycles. The van der Waals surface area contributed by atoms with E-state index in [0.717, 1.165) is 32.1 Å². The van der Waals surface area contributed by atoms with E-state index in [1.807, 2.05) is 6.92 Å². The molecule has 0 radical (unpaired) electrons. The number of likely N-dealkylation sites (N-methyl/N-ethyl adjacent to an activating group) is 1. The first kappa shape index (κ1) is 29.3. The summed E-state index contributed by atoms with van der Waals surface area (Å²) in [6, 6.07) is 9.71. The van der Waals surface area contributed by atoms with E-state index < -0.39 is 18.0 Å². The largest absolute Gasteiger partial charge is 0.487 e. The zero-order valence-electron chi connectivity index (χ0n) is 23.4. The van der Waals surface area contributed by atoms with Gasteiger partial charge >= 0.3 is 6.03 Å². The summed E-state index contributed by atoms with van der Waals surface area (Å²) in [6.07, 6.45) is 4.48. The first-order valence-corrected chi connectivity index (χ1v) is 14.0. The molecule has 4 amide bonds. The van der Waals surface area contributed by atoms with Crippen molar-refractivity contribution < 1.29 is 28.6 Å². The van der Waals surface area contributed by atoms with E-state index in [1.165, 1.54) is 29.2 Å². The number of amides is 4. The van der Waals surface area contributed by atoms with Crippen LogP contribution in [0.4, 0.5) is 20.6 Å². The Kier molecular flexibility index (Phi) is 9.63. The maximum absolute atomic E-state index is 13.7. The zero-order chi connectivity index (χ0) is 28.8. The molecule has 0 unspecified atom stereocenters. The number of carbonyl (C=O) groups excluding carboxylic acids is 3. The summed E-state index contributed by atoms with van der Waals surface area (Å²) in [6.45, 7) is 4.01. The third-order valence-electron chi connectivity index (χ3n) is 7.80. The molecule has 1 aliphatic carbocycles. The van der Waals surface area contributed by atoms with Crippen LogP contribution >= 0.6 is 0 Å². The van der Waals surface area contributed by atoms with Crippen molar-refractivity contribution in [2.45, 2.75) is 58.1 Å². The molecule has 10 heteroatoms. The van der Waals surface area contributed by atoms with Gasteiger partial charge in [0.05, 0.1) is 24.8 Å². The molecular formula is C30H39FN4O5. The number of hydrogen-bond acceptors (Lipinski definition) is 5. The summed E-state index contributed by atoms with van der Waals surface area (Å²) in [5.74, 6) is -0.597. The predicted molar refractivity (Wildman–Crippen MR) is 151 cm³/mol. The Labute approximate surface area is 234 Å². The van der Waals surface area contributed by atoms with Crippen LogP contribution in [0.15, 0.2) is 42.5 Å². The number of halogens is 1. The number of nitrogens with one attached hydrogen (secondary N) is 2. The second-order valence-corrected chi connectivity index (χ2v) is 11.0. The van der Waals surface area contributed by atoms with Gasteiger partial charge in [-0.2, -0.15) is 0 Å². The Morgan fingerprint density at radius 2 is 1.77 bits per heavy atom. The van der Waals surface area contributed by atoms with Crippen LogP contribution in [0, 0.1) is 17.7 Å². The topological polar surface area (TPSA) is 111 Å². The highest BCUT2D eigenvalue weighted by molar-refractivity contribution is 6.00. The molecule has 0 spiro atoms. The fourth-order valence-corrected chi connectivity index (χ4v) is 5.23. The number of urea groups is 1. The molecule has 4 rings (SSSR count). The molecule has 0 bridgehead atoms. The highest BCUT2D eigenvalue weighted by atomic mass is 19.1. The molecule has 1 aliphatic heterocycles. The molecule has 1 saturated carbocycles. The molecule has 1 fully saturated rings. The molecule has 40 heavy (non-hydrogen) atoms. The minimum Gasteiger partial charge on any atom is -0.487 e. The molecule has 3 N–H and O–H groups in total. The number of ether oxygens (including phenoxy) is 1. The summed E-state index contributed by atoms with van der Waals surface area (Å²) in [7, 11) is 1.64. The third-order valence-corrected chi connectivity index (χ3v) is 7.80. The smallest absolute Gasteiger partial charge is 0.321 e. The Morgan fingerprint density at radius 1 is 1.10 bits per heavy atom. The maximum atomic E-state index is 13.7. The van der Waals surface area contributed by atoms with Gasteiger partial charge in [-0.05, 0) is 62.2 Å². The van der Waals surface area contributed by atoms with Crippen molar-refractivity contribution in [2.75, 3.05) is 37.4 Å². The van der Waals surface area contributed by atoms with Crippen LogP contribution in [0.2, 0.25) is 0 Å². The van der Waals surface area contributed by atoms with Gasteiger partial charge in [0.25, 0.3) is 5.91 Å². The van der Waals surface area contributed by atoms with Crippen molar-refractivity contribution in [3.05, 3.63) is 53.8 Å². The van der Waals surface area contributed by atoms with Crippen LogP contribution in [-0.2, 0) is 4.79 Å². The van der Waals surface area contributed by atoms with Gasteiger partial charge in [-0.15, -0.1) is 0 Å². The first-order valence-electron chi connectivity index (χ1n) is 14.0. The Hall–Kier alpha value is -3.66. The van der Waals surface area contributed by atoms with Crippen molar-refractivity contribution >= 4 is 29.2 Å². The molecule has 0 saturated heterocycles. The van der Waals surface area contributed by atoms with Gasteiger partial charge in [0, 0.05) is 36.8 Å². The number of rotatable bonds is 7. The number of aliphatic hydroxyl groups is 1. The summed E-state index contributed by atoms with van der Waals surface area (Å²) < 4.78 is 19.6. The average Bonchev–Trinajstić information content (AvgIpc) is 2.96. The number of benzene rings is 2. The molecule has 3 atom stereocenters. The first-order chi connectivity index (χ1) is 19.2. The van der Waals surface area contributed by atoms with Crippen molar-refractivity contribution in [3.8, 4) is 5.75 Å². The lowest BCUT2D eigenvalue weighted by molar-refractivity contribution is -0.120. The minimum atomic E-state index is -0.480. The molecule has 2 aromatic rings. The van der Waals surface area contributed by atoms with Crippen LogP contribution in [0.5, 0.6) is 5.75 Å². The lowest BCUT2D eigenvalue weighted by atomic mass is 9.88. The van der Waals surface area contributed by atoms with Crippen LogP contribution < -0.4 is 15.4 Å². The van der Waals surface area contributed by atoms with Gasteiger partial charge in [0.1, 0.15) is 17.7 Å². The van der Waals surface area contributed by atoms with Gasteiger partial charge in [-0.1, -0.05) is 26.2 Å². The molecule has 1 heterocycles. The lowest BCUT2D eigenvalue weighted by Crippen LogP contribution is -2.50. The van der Waals surface area contributed by atoms with E-state index >= 15 is 0 Å². The van der Waals surface area contributed by atoms with E-state index in [-0.39, 0.29) is 48.4 Å². The fraction of sp³-hybridized carbons (Fsp3) is 0.500. The van der Waals surface area contributed by atoms with Gasteiger partial charge in [-0.25, -0.2) is 9.18 Å². The van der Waals surface area contributed by atoms with E-state index in [1.54, 1.807) is 37.1 Å². The summed E-state index contributed by atoms with van der Waals surface area (Å²) in [4.78, 5) is 42.5. The molecule has 0 aromatic heterocycles. The van der Waals surface area contributed by atoms with Crippen LogP contribution in [0.25, 0.3) is 0 Å². The zero-order valence-corrected chi connectivity index (χ0v) is 23.4. The Balaban J connectivity index is 1.55. The van der Waals surface area contributed by atoms with Gasteiger partial charge in [-0.3, -0.25) is 9.59 Å². The fourth-order valence-electron chi connectivity index (χ4n) is 5.23. The molecule has 216 valence electrons. The Morgan fingerprint density at radius 3 is 2.45 bits per heavy atom. The number of carbonyl (C=O) groups is 3. The van der Waals surface area contributed by atoms with Crippen LogP contribution in [-0.4, -0.2) is 71.6 Å². The minimum absolute atomic E-state index is 0.0320. The number of hydrogen-bond donors (Lipinski definition) is 3. The molecule has 2 aliphatic rings. The normalized spacial score (nSPS) is 20.4. The number of nitrogens with zero attached hydrogens (tertiary/aromatic N) is 2. The summed E-state index contributed by atoms with van der Waals surface area (Å²) in [5.41, 5.74) is 1.27. The molecular weight excluding hydrogens is 515 g/mol. The Bertz CT molecular complexity index is 1200. The average molecular weight is 555 g/mol. The van der Waals surface area contributed by atoms with E-state index in [0.29, 0.717) is 23.7 Å². The number of fused-ring (bicyclic) bond motifs is 1. The van der Waals surface area contributed by atoms with Crippen LogP contribution in [0.1, 0.15) is 56.3 Å². The second-order valence-electron chi connectivity index (χ2n) is 11.0. The van der Waals surface area contributed by atoms with Crippen molar-refractivity contribution in [2.24, 2.45) is 11.8 Å². The highest BCUT2D eigenvalue weighted by Gasteiger charge is 2.34. The SMILES string of the molecule is C[C@@H]1CN([C@@H](C)CO)C(=O)c2cc(NC(=O)C3CCCCC3)ccc2O[C@H]1CN(C)C(=O)Nc1ccc(F)cc1. The number of aliphatic hydroxyl groups excluding tert-OH is 1. The lowest BCUT2D eigenvalue weighted by Gasteiger charge is -2.38. The van der Waals surface area contributed by atoms with Crippen LogP contribution in [0.3, 0.4) is 0 Å². The van der Waals surface area contributed by atoms with Crippen molar-refractivity contribution in [3.63, 3.8) is 0 Å². The van der Waals surface area contributed by atoms with E-state index in [2.05, 4.69) is 10.6 Å². The summed E-state index contributed by atoms with van der Waals surface area (Å²) in [5, 5.41) is 15.6. The monoisotopic (exact) mass is 554 g/mol. The predicted octanol–water partition coefficient (Wildman–Crippen LogP) is 4.73. The van der Waals surface area contributed by atoms with Gasteiger partial charge in [0.15, 0.2) is 0 Å². The summed E-state index contributed by atoms with van der Waals surface area (Å²) >= 11 is 0. The van der Waals surface area contributed by atoms with Gasteiger partial charge < -0.3 is 30.3 Å². The number of anilines is 2. The third kappa shape index (κ3) is 7.10. The standard InChI is InChI=1S/C30H39FN4O5/c1-19-16-35(20(2)18-36)29(38)25-15-24(32-28(37)21-7-5-4-6-8-21)13-14-26(25)40-27(19)17-34(3)30(39)33-23-11-9-22(31)10-12-23/h9-15,19-21,27,36H,4-8,16-18H2,1-3H3,(H,32,37)(H,33,39)/t19-,20+,27+/m1/s1. The quantitative estimate of drug-likeness (QED) is 0.458. The molecule has 9 nitrogen and oxygen atoms in total. The maximum Gasteiger partial charge on any atom is 0.321 e. The van der Waals surface area contributed by atoms with E-state index in [4.69, 9.17) is 4.74 Å². The van der Waals surface area contributed by atoms with Gasteiger partial charge in [0.2, 0.25) is 5.91 Å². The van der Waals surface area contributed by atoms with E-state index in [9.17, 15) is 23.9 Å². The van der Waals surface area contributed by atoms with Crippen molar-refractivity contribution in [1.82, 2.24) is 9.80 Å². The highest BCUT2D eigenvalue weighted by Crippen LogP contribution is 2.32. The van der Waals surface area contributed by atoms with Crippen molar-refractivity contribution in [1.29, 1.82) is 0 Å².